The number of nitrogens with zero attached hydrogens (tertiary/aromatic N) is 2. The molecule has 0 unspecified atom stereocenters. The molecule has 5 heteroatoms. The minimum atomic E-state index is -0.322. The van der Waals surface area contributed by atoms with E-state index in [-0.39, 0.29) is 10.6 Å². The smallest absolute Gasteiger partial charge is 0.292 e. The Morgan fingerprint density at radius 1 is 1.40 bits per heavy atom. The molecule has 0 spiro atoms. The first-order valence-electron chi connectivity index (χ1n) is 7.28. The molecule has 0 aliphatic carbocycles. The van der Waals surface area contributed by atoms with Crippen molar-refractivity contribution in [1.82, 2.24) is 4.90 Å². The largest absolute Gasteiger partial charge is 0.378 e. The molecule has 1 aromatic rings. The van der Waals surface area contributed by atoms with Crippen LogP contribution in [0, 0.1) is 23.0 Å². The molecule has 0 atom stereocenters. The van der Waals surface area contributed by atoms with E-state index in [1.54, 1.807) is 12.1 Å². The van der Waals surface area contributed by atoms with Gasteiger partial charge < -0.3 is 10.2 Å². The molecule has 20 heavy (non-hydrogen) atoms. The van der Waals surface area contributed by atoms with Gasteiger partial charge in [0.25, 0.3) is 5.69 Å². The molecule has 1 N–H and O–H groups in total. The van der Waals surface area contributed by atoms with Crippen LogP contribution in [0.2, 0.25) is 0 Å². The van der Waals surface area contributed by atoms with Gasteiger partial charge in [-0.25, -0.2) is 0 Å². The Hall–Kier alpha value is -1.62. The Morgan fingerprint density at radius 3 is 2.75 bits per heavy atom. The minimum absolute atomic E-state index is 0.164. The van der Waals surface area contributed by atoms with Crippen molar-refractivity contribution in [3.63, 3.8) is 0 Å². The molecule has 1 aliphatic heterocycles. The second kappa shape index (κ2) is 6.70. The van der Waals surface area contributed by atoms with Crippen LogP contribution in [0.1, 0.15) is 25.3 Å². The molecule has 110 valence electrons. The second-order valence-corrected chi connectivity index (χ2v) is 5.68. The summed E-state index contributed by atoms with van der Waals surface area (Å²) in [5, 5.41) is 14.3. The number of rotatable bonds is 5. The van der Waals surface area contributed by atoms with Gasteiger partial charge in [0, 0.05) is 19.2 Å². The lowest BCUT2D eigenvalue weighted by Crippen LogP contribution is -2.36. The van der Waals surface area contributed by atoms with Gasteiger partial charge in [0.15, 0.2) is 0 Å². The van der Waals surface area contributed by atoms with E-state index in [2.05, 4.69) is 17.1 Å². The summed E-state index contributed by atoms with van der Waals surface area (Å²) in [6, 6.07) is 5.18. The molecule has 0 aromatic heterocycles. The van der Waals surface area contributed by atoms with Gasteiger partial charge in [0.05, 0.1) is 4.92 Å². The predicted molar refractivity (Wildman–Crippen MR) is 81.2 cm³/mol. The zero-order valence-electron chi connectivity index (χ0n) is 12.3. The highest BCUT2D eigenvalue weighted by Crippen LogP contribution is 2.27. The van der Waals surface area contributed by atoms with Crippen LogP contribution in [0.4, 0.5) is 11.4 Å². The minimum Gasteiger partial charge on any atom is -0.378 e. The number of nitro groups is 1. The van der Waals surface area contributed by atoms with Crippen molar-refractivity contribution in [1.29, 1.82) is 0 Å². The Balaban J connectivity index is 1.89. The van der Waals surface area contributed by atoms with E-state index in [1.165, 1.54) is 12.8 Å². The predicted octanol–water partition coefficient (Wildman–Crippen LogP) is 3.05. The average molecular weight is 277 g/mol. The number of anilines is 1. The van der Waals surface area contributed by atoms with Crippen LogP contribution in [-0.2, 0) is 0 Å². The number of likely N-dealkylation sites (tertiary alicyclic amines) is 1. The summed E-state index contributed by atoms with van der Waals surface area (Å²) in [4.78, 5) is 13.1. The molecule has 1 aliphatic rings. The third-order valence-electron chi connectivity index (χ3n) is 4.05. The van der Waals surface area contributed by atoms with Crippen LogP contribution >= 0.6 is 0 Å². The number of hydrogen-bond donors (Lipinski definition) is 1. The van der Waals surface area contributed by atoms with E-state index in [1.807, 2.05) is 13.0 Å². The van der Waals surface area contributed by atoms with Gasteiger partial charge in [-0.15, -0.1) is 0 Å². The zero-order valence-corrected chi connectivity index (χ0v) is 12.3. The highest BCUT2D eigenvalue weighted by Gasteiger charge is 2.17. The molecule has 5 nitrogen and oxygen atoms in total. The number of piperidine rings is 1. The molecule has 0 radical (unpaired) electrons. The van der Waals surface area contributed by atoms with Gasteiger partial charge in [-0.1, -0.05) is 19.1 Å². The fourth-order valence-electron chi connectivity index (χ4n) is 2.66. The summed E-state index contributed by atoms with van der Waals surface area (Å²) in [7, 11) is 0. The summed E-state index contributed by atoms with van der Waals surface area (Å²) < 4.78 is 0. The van der Waals surface area contributed by atoms with Crippen molar-refractivity contribution in [2.45, 2.75) is 26.7 Å². The van der Waals surface area contributed by atoms with Gasteiger partial charge in [-0.05, 0) is 44.3 Å². The number of para-hydroxylation sites is 1. The number of nitrogens with one attached hydrogen (secondary N) is 1. The highest BCUT2D eigenvalue weighted by atomic mass is 16.6. The maximum Gasteiger partial charge on any atom is 0.292 e. The summed E-state index contributed by atoms with van der Waals surface area (Å²) in [6.07, 6.45) is 2.51. The van der Waals surface area contributed by atoms with Crippen LogP contribution in [0.25, 0.3) is 0 Å². The molecule has 0 bridgehead atoms. The molecular weight excluding hydrogens is 254 g/mol. The van der Waals surface area contributed by atoms with Gasteiger partial charge in [-0.2, -0.15) is 0 Å². The standard InChI is InChI=1S/C15H23N3O2/c1-12-6-9-17(10-7-12)11-8-16-15-13(2)4-3-5-14(15)18(19)20/h3-5,12,16H,6-11H2,1-2H3. The molecule has 1 heterocycles. The number of aryl methyl sites for hydroxylation is 1. The summed E-state index contributed by atoms with van der Waals surface area (Å²) in [5.41, 5.74) is 1.74. The van der Waals surface area contributed by atoms with Crippen LogP contribution < -0.4 is 5.32 Å². The third kappa shape index (κ3) is 3.70. The van der Waals surface area contributed by atoms with Crippen molar-refractivity contribution in [2.24, 2.45) is 5.92 Å². The van der Waals surface area contributed by atoms with Crippen LogP contribution in [-0.4, -0.2) is 36.0 Å². The molecule has 0 amide bonds. The molecule has 1 aromatic carbocycles. The van der Waals surface area contributed by atoms with Gasteiger partial charge in [0.1, 0.15) is 5.69 Å². The lowest BCUT2D eigenvalue weighted by molar-refractivity contribution is -0.384. The maximum atomic E-state index is 11.0. The van der Waals surface area contributed by atoms with E-state index in [9.17, 15) is 10.1 Å². The van der Waals surface area contributed by atoms with Gasteiger partial charge >= 0.3 is 0 Å². The molecule has 1 fully saturated rings. The van der Waals surface area contributed by atoms with Crippen molar-refractivity contribution in [3.05, 3.63) is 33.9 Å². The van der Waals surface area contributed by atoms with Crippen molar-refractivity contribution in [2.75, 3.05) is 31.5 Å². The Morgan fingerprint density at radius 2 is 2.10 bits per heavy atom. The van der Waals surface area contributed by atoms with Gasteiger partial charge in [0.2, 0.25) is 0 Å². The quantitative estimate of drug-likeness (QED) is 0.664. The Labute approximate surface area is 120 Å². The van der Waals surface area contributed by atoms with E-state index < -0.39 is 0 Å². The molecular formula is C15H23N3O2. The Bertz CT molecular complexity index is 468. The zero-order chi connectivity index (χ0) is 14.5. The molecule has 1 saturated heterocycles. The highest BCUT2D eigenvalue weighted by molar-refractivity contribution is 5.65. The lowest BCUT2D eigenvalue weighted by atomic mass is 9.99. The monoisotopic (exact) mass is 277 g/mol. The first kappa shape index (κ1) is 14.8. The number of nitro benzene ring substituents is 1. The maximum absolute atomic E-state index is 11.0. The van der Waals surface area contributed by atoms with Crippen molar-refractivity contribution in [3.8, 4) is 0 Å². The average Bonchev–Trinajstić information content (AvgIpc) is 2.42. The second-order valence-electron chi connectivity index (χ2n) is 5.68. The fraction of sp³-hybridized carbons (Fsp3) is 0.600. The van der Waals surface area contributed by atoms with E-state index in [4.69, 9.17) is 0 Å². The number of benzene rings is 1. The first-order valence-corrected chi connectivity index (χ1v) is 7.28. The first-order chi connectivity index (χ1) is 9.58. The Kier molecular flexibility index (Phi) is 4.95. The summed E-state index contributed by atoms with van der Waals surface area (Å²) in [5.74, 6) is 0.830. The summed E-state index contributed by atoms with van der Waals surface area (Å²) >= 11 is 0. The molecule has 2 rings (SSSR count). The van der Waals surface area contributed by atoms with Gasteiger partial charge in [-0.3, -0.25) is 10.1 Å². The third-order valence-corrected chi connectivity index (χ3v) is 4.05. The van der Waals surface area contributed by atoms with E-state index in [0.717, 1.165) is 37.7 Å². The fourth-order valence-corrected chi connectivity index (χ4v) is 2.66. The number of hydrogen-bond acceptors (Lipinski definition) is 4. The normalized spacial score (nSPS) is 17.1. The van der Waals surface area contributed by atoms with E-state index in [0.29, 0.717) is 5.69 Å². The topological polar surface area (TPSA) is 58.4 Å². The van der Waals surface area contributed by atoms with Crippen molar-refractivity contribution < 1.29 is 4.92 Å². The summed E-state index contributed by atoms with van der Waals surface area (Å²) in [6.45, 7) is 8.17. The van der Waals surface area contributed by atoms with Crippen molar-refractivity contribution >= 4 is 11.4 Å². The van der Waals surface area contributed by atoms with Crippen LogP contribution in [0.15, 0.2) is 18.2 Å². The van der Waals surface area contributed by atoms with E-state index >= 15 is 0 Å². The van der Waals surface area contributed by atoms with Crippen LogP contribution in [0.3, 0.4) is 0 Å². The van der Waals surface area contributed by atoms with Crippen LogP contribution in [0.5, 0.6) is 0 Å². The SMILES string of the molecule is Cc1cccc([N+](=O)[O-])c1NCCN1CCC(C)CC1. The lowest BCUT2D eigenvalue weighted by Gasteiger charge is -2.30. The molecule has 0 saturated carbocycles.